The van der Waals surface area contributed by atoms with Crippen molar-refractivity contribution in [2.45, 2.75) is 25.7 Å². The third-order valence-corrected chi connectivity index (χ3v) is 3.95. The van der Waals surface area contributed by atoms with Crippen molar-refractivity contribution in [3.63, 3.8) is 0 Å². The average molecular weight is 281 g/mol. The maximum Gasteiger partial charge on any atom is 0.222 e. The highest BCUT2D eigenvalue weighted by Gasteiger charge is 2.17. The molecule has 2 rings (SSSR count). The van der Waals surface area contributed by atoms with E-state index in [1.807, 2.05) is 29.2 Å². The standard InChI is InChI=1S/C15H21ClN2O/c1-12(13-3-5-14(16)6-4-13)2-7-15(19)18-10-8-17-9-11-18/h3-6,12,17H,2,7-11H2,1H3. The predicted octanol–water partition coefficient (Wildman–Crippen LogP) is 2.66. The fourth-order valence-electron chi connectivity index (χ4n) is 2.37. The Morgan fingerprint density at radius 2 is 1.95 bits per heavy atom. The van der Waals surface area contributed by atoms with Gasteiger partial charge in [-0.25, -0.2) is 0 Å². The molecule has 0 bridgehead atoms. The van der Waals surface area contributed by atoms with E-state index in [2.05, 4.69) is 12.2 Å². The molecule has 1 amide bonds. The third kappa shape index (κ3) is 4.22. The maximum atomic E-state index is 12.1. The molecule has 1 N–H and O–H groups in total. The molecular formula is C15H21ClN2O. The monoisotopic (exact) mass is 280 g/mol. The molecule has 0 aromatic heterocycles. The minimum atomic E-state index is 0.280. The van der Waals surface area contributed by atoms with Gasteiger partial charge in [-0.2, -0.15) is 0 Å². The van der Waals surface area contributed by atoms with Crippen LogP contribution < -0.4 is 5.32 Å². The smallest absolute Gasteiger partial charge is 0.222 e. The number of benzene rings is 1. The zero-order valence-corrected chi connectivity index (χ0v) is 12.1. The van der Waals surface area contributed by atoms with Crippen LogP contribution in [-0.4, -0.2) is 37.0 Å². The molecule has 1 unspecified atom stereocenters. The van der Waals surface area contributed by atoms with Gasteiger partial charge in [-0.1, -0.05) is 30.7 Å². The largest absolute Gasteiger partial charge is 0.340 e. The number of hydrogen-bond acceptors (Lipinski definition) is 2. The average Bonchev–Trinajstić information content (AvgIpc) is 2.46. The van der Waals surface area contributed by atoms with Crippen LogP contribution in [0.4, 0.5) is 0 Å². The second-order valence-electron chi connectivity index (χ2n) is 5.12. The van der Waals surface area contributed by atoms with Gasteiger partial charge in [0.05, 0.1) is 0 Å². The summed E-state index contributed by atoms with van der Waals surface area (Å²) in [5.74, 6) is 0.673. The SMILES string of the molecule is CC(CCC(=O)N1CCNCC1)c1ccc(Cl)cc1. The summed E-state index contributed by atoms with van der Waals surface area (Å²) in [6.45, 7) is 5.67. The Morgan fingerprint density at radius 3 is 2.58 bits per heavy atom. The Kier molecular flexibility index (Phi) is 5.23. The molecule has 0 saturated carbocycles. The maximum absolute atomic E-state index is 12.1. The summed E-state index contributed by atoms with van der Waals surface area (Å²) in [4.78, 5) is 14.0. The van der Waals surface area contributed by atoms with Crippen LogP contribution in [0.25, 0.3) is 0 Å². The fourth-order valence-corrected chi connectivity index (χ4v) is 2.50. The molecule has 0 radical (unpaired) electrons. The number of piperazine rings is 1. The van der Waals surface area contributed by atoms with Gasteiger partial charge < -0.3 is 10.2 Å². The molecule has 1 aliphatic heterocycles. The highest BCUT2D eigenvalue weighted by molar-refractivity contribution is 6.30. The number of halogens is 1. The summed E-state index contributed by atoms with van der Waals surface area (Å²) in [5, 5.41) is 4.02. The molecule has 19 heavy (non-hydrogen) atoms. The molecule has 1 aliphatic rings. The van der Waals surface area contributed by atoms with E-state index in [1.165, 1.54) is 5.56 Å². The summed E-state index contributed by atoms with van der Waals surface area (Å²) < 4.78 is 0. The first kappa shape index (κ1) is 14.4. The molecule has 1 heterocycles. The molecule has 0 aliphatic carbocycles. The van der Waals surface area contributed by atoms with E-state index in [0.29, 0.717) is 12.3 Å². The predicted molar refractivity (Wildman–Crippen MR) is 78.6 cm³/mol. The van der Waals surface area contributed by atoms with Crippen molar-refractivity contribution < 1.29 is 4.79 Å². The normalized spacial score (nSPS) is 17.3. The quantitative estimate of drug-likeness (QED) is 0.920. The Balaban J connectivity index is 1.80. The van der Waals surface area contributed by atoms with E-state index in [4.69, 9.17) is 11.6 Å². The number of amides is 1. The van der Waals surface area contributed by atoms with E-state index in [-0.39, 0.29) is 5.91 Å². The Bertz CT molecular complexity index is 413. The van der Waals surface area contributed by atoms with Crippen LogP contribution in [0.5, 0.6) is 0 Å². The lowest BCUT2D eigenvalue weighted by atomic mass is 9.96. The van der Waals surface area contributed by atoms with Gasteiger partial charge in [0.1, 0.15) is 0 Å². The minimum absolute atomic E-state index is 0.280. The lowest BCUT2D eigenvalue weighted by molar-refractivity contribution is -0.131. The van der Waals surface area contributed by atoms with E-state index < -0.39 is 0 Å². The lowest BCUT2D eigenvalue weighted by Crippen LogP contribution is -2.46. The van der Waals surface area contributed by atoms with Gasteiger partial charge in [0.2, 0.25) is 5.91 Å². The first-order valence-electron chi connectivity index (χ1n) is 6.91. The molecular weight excluding hydrogens is 260 g/mol. The van der Waals surface area contributed by atoms with E-state index in [9.17, 15) is 4.79 Å². The molecule has 1 aromatic carbocycles. The van der Waals surface area contributed by atoms with Gasteiger partial charge in [0.15, 0.2) is 0 Å². The molecule has 3 nitrogen and oxygen atoms in total. The summed E-state index contributed by atoms with van der Waals surface area (Å²) >= 11 is 5.88. The molecule has 0 spiro atoms. The van der Waals surface area contributed by atoms with Crippen LogP contribution >= 0.6 is 11.6 Å². The van der Waals surface area contributed by atoms with E-state index >= 15 is 0 Å². The van der Waals surface area contributed by atoms with Crippen LogP contribution in [0.3, 0.4) is 0 Å². The molecule has 1 saturated heterocycles. The highest BCUT2D eigenvalue weighted by atomic mass is 35.5. The van der Waals surface area contributed by atoms with Gasteiger partial charge in [-0.05, 0) is 30.0 Å². The van der Waals surface area contributed by atoms with Gasteiger partial charge >= 0.3 is 0 Å². The van der Waals surface area contributed by atoms with E-state index in [0.717, 1.165) is 37.6 Å². The van der Waals surface area contributed by atoms with Crippen molar-refractivity contribution in [1.82, 2.24) is 10.2 Å². The fraction of sp³-hybridized carbons (Fsp3) is 0.533. The number of nitrogens with zero attached hydrogens (tertiary/aromatic N) is 1. The van der Waals surface area contributed by atoms with Gasteiger partial charge in [0, 0.05) is 37.6 Å². The van der Waals surface area contributed by atoms with Crippen LogP contribution in [0.2, 0.25) is 5.02 Å². The number of nitrogens with one attached hydrogen (secondary N) is 1. The first-order valence-corrected chi connectivity index (χ1v) is 7.28. The summed E-state index contributed by atoms with van der Waals surface area (Å²) in [6, 6.07) is 7.90. The van der Waals surface area contributed by atoms with Crippen molar-refractivity contribution in [3.05, 3.63) is 34.9 Å². The topological polar surface area (TPSA) is 32.3 Å². The molecule has 104 valence electrons. The van der Waals surface area contributed by atoms with Crippen LogP contribution in [0, 0.1) is 0 Å². The Labute approximate surface area is 119 Å². The second kappa shape index (κ2) is 6.92. The molecule has 1 atom stereocenters. The van der Waals surface area contributed by atoms with Gasteiger partial charge in [-0.3, -0.25) is 4.79 Å². The van der Waals surface area contributed by atoms with Crippen LogP contribution in [0.1, 0.15) is 31.2 Å². The first-order chi connectivity index (χ1) is 9.16. The molecule has 4 heteroatoms. The lowest BCUT2D eigenvalue weighted by Gasteiger charge is -2.27. The Morgan fingerprint density at radius 1 is 1.32 bits per heavy atom. The minimum Gasteiger partial charge on any atom is -0.340 e. The van der Waals surface area contributed by atoms with Crippen molar-refractivity contribution in [2.24, 2.45) is 0 Å². The number of carbonyl (C=O) groups is 1. The van der Waals surface area contributed by atoms with Crippen molar-refractivity contribution in [1.29, 1.82) is 0 Å². The zero-order chi connectivity index (χ0) is 13.7. The van der Waals surface area contributed by atoms with Crippen molar-refractivity contribution in [2.75, 3.05) is 26.2 Å². The van der Waals surface area contributed by atoms with Crippen LogP contribution in [-0.2, 0) is 4.79 Å². The molecule has 1 fully saturated rings. The third-order valence-electron chi connectivity index (χ3n) is 3.70. The zero-order valence-electron chi connectivity index (χ0n) is 11.4. The summed E-state index contributed by atoms with van der Waals surface area (Å²) in [7, 11) is 0. The highest BCUT2D eigenvalue weighted by Crippen LogP contribution is 2.22. The number of carbonyl (C=O) groups excluding carboxylic acids is 1. The molecule has 1 aromatic rings. The van der Waals surface area contributed by atoms with Crippen molar-refractivity contribution in [3.8, 4) is 0 Å². The summed E-state index contributed by atoms with van der Waals surface area (Å²) in [6.07, 6.45) is 1.52. The second-order valence-corrected chi connectivity index (χ2v) is 5.56. The van der Waals surface area contributed by atoms with Crippen LogP contribution in [0.15, 0.2) is 24.3 Å². The van der Waals surface area contributed by atoms with Gasteiger partial charge in [0.25, 0.3) is 0 Å². The van der Waals surface area contributed by atoms with Crippen molar-refractivity contribution >= 4 is 17.5 Å². The van der Waals surface area contributed by atoms with Gasteiger partial charge in [-0.15, -0.1) is 0 Å². The Hall–Kier alpha value is -1.06. The number of hydrogen-bond donors (Lipinski definition) is 1. The van der Waals surface area contributed by atoms with E-state index in [1.54, 1.807) is 0 Å². The number of rotatable bonds is 4. The summed E-state index contributed by atoms with van der Waals surface area (Å²) in [5.41, 5.74) is 1.25.